The van der Waals surface area contributed by atoms with Gasteiger partial charge in [-0.15, -0.1) is 0 Å². The predicted molar refractivity (Wildman–Crippen MR) is 93.7 cm³/mol. The minimum Gasteiger partial charge on any atom is -0.481 e. The molecule has 0 aliphatic carbocycles. The molecule has 0 spiro atoms. The van der Waals surface area contributed by atoms with Gasteiger partial charge in [-0.2, -0.15) is 25.8 Å². The van der Waals surface area contributed by atoms with E-state index in [1.807, 2.05) is 27.7 Å². The second-order valence-electron chi connectivity index (χ2n) is 6.79. The normalized spacial score (nSPS) is 20.0. The second-order valence-corrected chi connectivity index (χ2v) is 7.10. The molecular formula is C16H21BF3NO3S. The maximum absolute atomic E-state index is 13.0. The summed E-state index contributed by atoms with van der Waals surface area (Å²) in [5, 5.41) is 0. The van der Waals surface area contributed by atoms with E-state index in [4.69, 9.17) is 14.0 Å². The van der Waals surface area contributed by atoms with Crippen molar-refractivity contribution < 1.29 is 27.2 Å². The summed E-state index contributed by atoms with van der Waals surface area (Å²) in [7, 11) is 0.643. The molecule has 0 N–H and O–H groups in total. The molecule has 4 nitrogen and oxygen atoms in total. The minimum absolute atomic E-state index is 0.0869. The Labute approximate surface area is 151 Å². The van der Waals surface area contributed by atoms with Gasteiger partial charge in [-0.05, 0) is 39.2 Å². The number of alkyl halides is 3. The van der Waals surface area contributed by atoms with Crippen molar-refractivity contribution in [3.63, 3.8) is 0 Å². The highest BCUT2D eigenvalue weighted by molar-refractivity contribution is 7.80. The molecule has 1 aliphatic heterocycles. The van der Waals surface area contributed by atoms with E-state index < -0.39 is 30.1 Å². The van der Waals surface area contributed by atoms with Gasteiger partial charge in [0.1, 0.15) is 0 Å². The first kappa shape index (κ1) is 20.1. The maximum atomic E-state index is 13.0. The zero-order valence-electron chi connectivity index (χ0n) is 14.8. The molecular weight excluding hydrogens is 354 g/mol. The number of halogens is 3. The number of thiol groups is 1. The summed E-state index contributed by atoms with van der Waals surface area (Å²) >= 11 is 4.27. The third kappa shape index (κ3) is 4.15. The summed E-state index contributed by atoms with van der Waals surface area (Å²) in [6, 6.07) is 0.987. The van der Waals surface area contributed by atoms with Gasteiger partial charge in [-0.1, -0.05) is 6.08 Å². The van der Waals surface area contributed by atoms with Crippen LogP contribution in [0.5, 0.6) is 5.88 Å². The van der Waals surface area contributed by atoms with E-state index in [0.717, 1.165) is 12.3 Å². The molecule has 0 radical (unpaired) electrons. The Balaban J connectivity index is 2.43. The molecule has 0 unspecified atom stereocenters. The Morgan fingerprint density at radius 2 is 1.84 bits per heavy atom. The predicted octanol–water partition coefficient (Wildman–Crippen LogP) is 4.05. The van der Waals surface area contributed by atoms with Crippen molar-refractivity contribution in [2.45, 2.75) is 45.1 Å². The van der Waals surface area contributed by atoms with Crippen molar-refractivity contribution in [1.82, 2.24) is 4.98 Å². The van der Waals surface area contributed by atoms with Crippen LogP contribution in [0, 0.1) is 0 Å². The van der Waals surface area contributed by atoms with Crippen molar-refractivity contribution in [1.29, 1.82) is 0 Å². The maximum Gasteiger partial charge on any atom is 0.491 e. The lowest BCUT2D eigenvalue weighted by atomic mass is 9.78. The first-order valence-corrected chi connectivity index (χ1v) is 8.33. The number of hydrogen-bond acceptors (Lipinski definition) is 5. The fourth-order valence-electron chi connectivity index (χ4n) is 2.28. The lowest BCUT2D eigenvalue weighted by molar-refractivity contribution is -0.137. The van der Waals surface area contributed by atoms with Gasteiger partial charge in [0.25, 0.3) is 0 Å². The zero-order chi connectivity index (χ0) is 19.0. The van der Waals surface area contributed by atoms with Crippen LogP contribution >= 0.6 is 12.6 Å². The van der Waals surface area contributed by atoms with Gasteiger partial charge >= 0.3 is 13.3 Å². The van der Waals surface area contributed by atoms with E-state index >= 15 is 0 Å². The fraction of sp³-hybridized carbons (Fsp3) is 0.562. The van der Waals surface area contributed by atoms with Crippen molar-refractivity contribution in [2.75, 3.05) is 12.9 Å². The highest BCUT2D eigenvalue weighted by Gasteiger charge is 2.52. The number of hydrogen-bond donors (Lipinski definition) is 1. The van der Waals surface area contributed by atoms with Crippen LogP contribution in [0.15, 0.2) is 17.7 Å². The standard InChI is InChI=1S/C16H21BF3NO3S/c1-14(2)15(3,4)24-17(23-14)12(9-25)7-10-6-11(16(18,19)20)8-21-13(10)22-5/h6-8,25H,9H2,1-5H3. The molecule has 1 aliphatic rings. The summed E-state index contributed by atoms with van der Waals surface area (Å²) in [6.45, 7) is 7.59. The molecule has 0 bridgehead atoms. The highest BCUT2D eigenvalue weighted by Crippen LogP contribution is 2.39. The van der Waals surface area contributed by atoms with Gasteiger partial charge < -0.3 is 14.0 Å². The van der Waals surface area contributed by atoms with Gasteiger partial charge in [0.2, 0.25) is 5.88 Å². The lowest BCUT2D eigenvalue weighted by Crippen LogP contribution is -2.41. The van der Waals surface area contributed by atoms with Crippen LogP contribution in [-0.2, 0) is 15.5 Å². The summed E-state index contributed by atoms with van der Waals surface area (Å²) in [4.78, 5) is 3.74. The molecule has 0 amide bonds. The molecule has 2 heterocycles. The van der Waals surface area contributed by atoms with Crippen LogP contribution in [0.3, 0.4) is 0 Å². The van der Waals surface area contributed by atoms with Crippen LogP contribution in [0.2, 0.25) is 0 Å². The highest BCUT2D eigenvalue weighted by atomic mass is 32.1. The molecule has 2 rings (SSSR count). The number of methoxy groups -OCH3 is 1. The summed E-state index contributed by atoms with van der Waals surface area (Å²) in [6.07, 6.45) is -2.23. The van der Waals surface area contributed by atoms with Gasteiger partial charge in [0.05, 0.1) is 23.9 Å². The molecule has 0 atom stereocenters. The molecule has 1 fully saturated rings. The van der Waals surface area contributed by atoms with E-state index in [9.17, 15) is 13.2 Å². The van der Waals surface area contributed by atoms with Crippen LogP contribution in [0.1, 0.15) is 38.8 Å². The number of pyridine rings is 1. The molecule has 0 aromatic carbocycles. The average Bonchev–Trinajstić information content (AvgIpc) is 2.71. The third-order valence-electron chi connectivity index (χ3n) is 4.48. The van der Waals surface area contributed by atoms with Gasteiger partial charge in [-0.25, -0.2) is 4.98 Å². The Kier molecular flexibility index (Phi) is 5.52. The number of nitrogens with zero attached hydrogens (tertiary/aromatic N) is 1. The van der Waals surface area contributed by atoms with Gasteiger partial charge in [0.15, 0.2) is 0 Å². The minimum atomic E-state index is -4.49. The molecule has 25 heavy (non-hydrogen) atoms. The third-order valence-corrected chi connectivity index (χ3v) is 4.84. The Bertz CT molecular complexity index is 661. The first-order valence-electron chi connectivity index (χ1n) is 7.69. The van der Waals surface area contributed by atoms with Crippen molar-refractivity contribution in [2.24, 2.45) is 0 Å². The lowest BCUT2D eigenvalue weighted by Gasteiger charge is -2.32. The molecule has 138 valence electrons. The van der Waals surface area contributed by atoms with Crippen LogP contribution in [0.25, 0.3) is 6.08 Å². The number of rotatable bonds is 4. The van der Waals surface area contributed by atoms with E-state index in [0.29, 0.717) is 5.47 Å². The first-order chi connectivity index (χ1) is 11.4. The Morgan fingerprint density at radius 1 is 1.28 bits per heavy atom. The van der Waals surface area contributed by atoms with Gasteiger partial charge in [-0.3, -0.25) is 0 Å². The van der Waals surface area contributed by atoms with Crippen molar-refractivity contribution >= 4 is 25.8 Å². The number of ether oxygens (including phenoxy) is 1. The van der Waals surface area contributed by atoms with Crippen LogP contribution in [0.4, 0.5) is 13.2 Å². The van der Waals surface area contributed by atoms with Crippen molar-refractivity contribution in [3.05, 3.63) is 28.9 Å². The molecule has 1 aromatic rings. The summed E-state index contributed by atoms with van der Waals surface area (Å²) in [5.74, 6) is 0.333. The largest absolute Gasteiger partial charge is 0.491 e. The van der Waals surface area contributed by atoms with Crippen LogP contribution < -0.4 is 4.74 Å². The fourth-order valence-corrected chi connectivity index (χ4v) is 2.52. The Hall–Kier alpha value is -1.19. The van der Waals surface area contributed by atoms with E-state index in [1.165, 1.54) is 13.2 Å². The topological polar surface area (TPSA) is 40.6 Å². The summed E-state index contributed by atoms with van der Waals surface area (Å²) < 4.78 is 55.8. The van der Waals surface area contributed by atoms with E-state index in [-0.39, 0.29) is 17.2 Å². The smallest absolute Gasteiger partial charge is 0.481 e. The average molecular weight is 375 g/mol. The zero-order valence-corrected chi connectivity index (χ0v) is 15.7. The molecule has 1 aromatic heterocycles. The Morgan fingerprint density at radius 3 is 2.28 bits per heavy atom. The van der Waals surface area contributed by atoms with Crippen molar-refractivity contribution in [3.8, 4) is 5.88 Å². The molecule has 1 saturated heterocycles. The second kappa shape index (κ2) is 6.85. The van der Waals surface area contributed by atoms with E-state index in [1.54, 1.807) is 0 Å². The molecule has 9 heteroatoms. The van der Waals surface area contributed by atoms with E-state index in [2.05, 4.69) is 17.6 Å². The SMILES string of the molecule is COc1ncc(C(F)(F)F)cc1C=C(CS)B1OC(C)(C)C(C)(C)O1. The monoisotopic (exact) mass is 375 g/mol. The van der Waals surface area contributed by atoms with Gasteiger partial charge in [0, 0.05) is 17.5 Å². The summed E-state index contributed by atoms with van der Waals surface area (Å²) in [5.41, 5.74) is -1.20. The number of aromatic nitrogens is 1. The molecule has 0 saturated carbocycles. The quantitative estimate of drug-likeness (QED) is 0.637. The van der Waals surface area contributed by atoms with Crippen LogP contribution in [-0.4, -0.2) is 36.2 Å².